The molecule has 1 fully saturated rings. The third-order valence-corrected chi connectivity index (χ3v) is 4.94. The number of nitrogens with two attached hydrogens (primary N) is 1. The molecule has 1 aromatic rings. The van der Waals surface area contributed by atoms with Gasteiger partial charge in [0.25, 0.3) is 0 Å². The van der Waals surface area contributed by atoms with Crippen LogP contribution in [0.15, 0.2) is 23.1 Å². The van der Waals surface area contributed by atoms with Crippen molar-refractivity contribution in [3.63, 3.8) is 0 Å². The maximum Gasteiger partial charge on any atom is 0.243 e. The summed E-state index contributed by atoms with van der Waals surface area (Å²) in [7, 11) is -3.89. The normalized spacial score (nSPS) is 18.3. The lowest BCUT2D eigenvalue weighted by atomic mass is 10.3. The first-order valence-corrected chi connectivity index (χ1v) is 8.16. The van der Waals surface area contributed by atoms with Gasteiger partial charge in [-0.2, -0.15) is 0 Å². The number of halogens is 1. The van der Waals surface area contributed by atoms with Crippen LogP contribution in [0.4, 0.5) is 10.1 Å². The SMILES string of the molecule is CC(CN1CCCC1)NS(=O)(=O)c1cc(N)ccc1F. The van der Waals surface area contributed by atoms with Crippen molar-refractivity contribution >= 4 is 15.7 Å². The van der Waals surface area contributed by atoms with Crippen LogP contribution in [-0.2, 0) is 10.0 Å². The molecule has 20 heavy (non-hydrogen) atoms. The predicted molar refractivity (Wildman–Crippen MR) is 76.3 cm³/mol. The Labute approximate surface area is 119 Å². The second-order valence-corrected chi connectivity index (χ2v) is 6.90. The zero-order valence-electron chi connectivity index (χ0n) is 11.5. The second-order valence-electron chi connectivity index (χ2n) is 5.22. The fraction of sp³-hybridized carbons (Fsp3) is 0.538. The van der Waals surface area contributed by atoms with Crippen molar-refractivity contribution in [2.45, 2.75) is 30.7 Å². The summed E-state index contributed by atoms with van der Waals surface area (Å²) < 4.78 is 40.5. The molecular formula is C13H20FN3O2S. The summed E-state index contributed by atoms with van der Waals surface area (Å²) in [4.78, 5) is 1.80. The molecule has 1 unspecified atom stereocenters. The van der Waals surface area contributed by atoms with Crippen LogP contribution in [0, 0.1) is 5.82 Å². The first kappa shape index (κ1) is 15.2. The number of nitrogens with zero attached hydrogens (tertiary/aromatic N) is 1. The van der Waals surface area contributed by atoms with Crippen LogP contribution >= 0.6 is 0 Å². The lowest BCUT2D eigenvalue weighted by molar-refractivity contribution is 0.312. The minimum absolute atomic E-state index is 0.221. The van der Waals surface area contributed by atoms with E-state index >= 15 is 0 Å². The van der Waals surface area contributed by atoms with Gasteiger partial charge in [-0.05, 0) is 51.1 Å². The number of benzene rings is 1. The highest BCUT2D eigenvalue weighted by molar-refractivity contribution is 7.89. The molecule has 2 rings (SSSR count). The van der Waals surface area contributed by atoms with Gasteiger partial charge in [-0.15, -0.1) is 0 Å². The maximum absolute atomic E-state index is 13.6. The van der Waals surface area contributed by atoms with Crippen molar-refractivity contribution in [3.8, 4) is 0 Å². The Morgan fingerprint density at radius 1 is 1.40 bits per heavy atom. The predicted octanol–water partition coefficient (Wildman–Crippen LogP) is 1.17. The Bertz CT molecular complexity index is 571. The largest absolute Gasteiger partial charge is 0.399 e. The molecule has 3 N–H and O–H groups in total. The third-order valence-electron chi connectivity index (χ3n) is 3.33. The third kappa shape index (κ3) is 3.68. The summed E-state index contributed by atoms with van der Waals surface area (Å²) in [6.07, 6.45) is 2.28. The molecule has 5 nitrogen and oxygen atoms in total. The van der Waals surface area contributed by atoms with Gasteiger partial charge < -0.3 is 10.6 Å². The number of nitrogens with one attached hydrogen (secondary N) is 1. The molecule has 1 aliphatic rings. The van der Waals surface area contributed by atoms with E-state index in [-0.39, 0.29) is 11.7 Å². The van der Waals surface area contributed by atoms with E-state index in [2.05, 4.69) is 9.62 Å². The molecule has 1 saturated heterocycles. The molecule has 0 spiro atoms. The maximum atomic E-state index is 13.6. The summed E-state index contributed by atoms with van der Waals surface area (Å²) >= 11 is 0. The Hall–Kier alpha value is -1.18. The van der Waals surface area contributed by atoms with Crippen LogP contribution in [0.1, 0.15) is 19.8 Å². The van der Waals surface area contributed by atoms with Crippen LogP contribution in [0.3, 0.4) is 0 Å². The average molecular weight is 301 g/mol. The second kappa shape index (κ2) is 6.07. The van der Waals surface area contributed by atoms with E-state index in [4.69, 9.17) is 5.73 Å². The number of likely N-dealkylation sites (tertiary alicyclic amines) is 1. The van der Waals surface area contributed by atoms with Gasteiger partial charge in [-0.25, -0.2) is 17.5 Å². The standard InChI is InChI=1S/C13H20FN3O2S/c1-10(9-17-6-2-3-7-17)16-20(18,19)13-8-11(15)4-5-12(13)14/h4-5,8,10,16H,2-3,6-7,9,15H2,1H3. The first-order chi connectivity index (χ1) is 9.38. The van der Waals surface area contributed by atoms with Gasteiger partial charge in [-0.1, -0.05) is 0 Å². The van der Waals surface area contributed by atoms with Crippen molar-refractivity contribution < 1.29 is 12.8 Å². The molecule has 7 heteroatoms. The van der Waals surface area contributed by atoms with Gasteiger partial charge >= 0.3 is 0 Å². The fourth-order valence-electron chi connectivity index (χ4n) is 2.44. The number of hydrogen-bond donors (Lipinski definition) is 2. The van der Waals surface area contributed by atoms with Crippen LogP contribution < -0.4 is 10.5 Å². The Morgan fingerprint density at radius 2 is 2.05 bits per heavy atom. The number of nitrogen functional groups attached to an aromatic ring is 1. The quantitative estimate of drug-likeness (QED) is 0.801. The van der Waals surface area contributed by atoms with Crippen molar-refractivity contribution in [1.82, 2.24) is 9.62 Å². The Morgan fingerprint density at radius 3 is 2.70 bits per heavy atom. The molecule has 1 aliphatic heterocycles. The van der Waals surface area contributed by atoms with Gasteiger partial charge in [-0.3, -0.25) is 0 Å². The summed E-state index contributed by atoms with van der Waals surface area (Å²) in [6, 6.07) is 3.26. The smallest absolute Gasteiger partial charge is 0.243 e. The highest BCUT2D eigenvalue weighted by Crippen LogP contribution is 2.18. The monoisotopic (exact) mass is 301 g/mol. The molecular weight excluding hydrogens is 281 g/mol. The molecule has 112 valence electrons. The molecule has 1 aromatic carbocycles. The van der Waals surface area contributed by atoms with Crippen molar-refractivity contribution in [3.05, 3.63) is 24.0 Å². The minimum Gasteiger partial charge on any atom is -0.399 e. The molecule has 1 heterocycles. The van der Waals surface area contributed by atoms with Gasteiger partial charge in [0, 0.05) is 18.3 Å². The zero-order chi connectivity index (χ0) is 14.8. The number of sulfonamides is 1. The molecule has 0 bridgehead atoms. The number of hydrogen-bond acceptors (Lipinski definition) is 4. The van der Waals surface area contributed by atoms with Gasteiger partial charge in [0.15, 0.2) is 0 Å². The molecule has 0 radical (unpaired) electrons. The van der Waals surface area contributed by atoms with Crippen molar-refractivity contribution in [2.75, 3.05) is 25.4 Å². The summed E-state index contributed by atoms with van der Waals surface area (Å²) in [5, 5.41) is 0. The van der Waals surface area contributed by atoms with Gasteiger partial charge in [0.2, 0.25) is 10.0 Å². The van der Waals surface area contributed by atoms with E-state index in [9.17, 15) is 12.8 Å². The molecule has 0 aliphatic carbocycles. The van der Waals surface area contributed by atoms with Crippen molar-refractivity contribution in [1.29, 1.82) is 0 Å². The van der Waals surface area contributed by atoms with E-state index < -0.39 is 20.7 Å². The van der Waals surface area contributed by atoms with E-state index in [0.29, 0.717) is 6.54 Å². The highest BCUT2D eigenvalue weighted by Gasteiger charge is 2.23. The van der Waals surface area contributed by atoms with Crippen LogP contribution in [0.5, 0.6) is 0 Å². The van der Waals surface area contributed by atoms with Gasteiger partial charge in [0.05, 0.1) is 0 Å². The van der Waals surface area contributed by atoms with Gasteiger partial charge in [0.1, 0.15) is 10.7 Å². The topological polar surface area (TPSA) is 75.4 Å². The average Bonchev–Trinajstić information content (AvgIpc) is 2.84. The van der Waals surface area contributed by atoms with Crippen LogP contribution in [0.2, 0.25) is 0 Å². The van der Waals surface area contributed by atoms with E-state index in [1.54, 1.807) is 6.92 Å². The summed E-state index contributed by atoms with van der Waals surface area (Å²) in [5.74, 6) is -0.792. The van der Waals surface area contributed by atoms with Crippen LogP contribution in [-0.4, -0.2) is 39.0 Å². The molecule has 0 saturated carbocycles. The summed E-state index contributed by atoms with van der Waals surface area (Å²) in [6.45, 7) is 4.38. The zero-order valence-corrected chi connectivity index (χ0v) is 12.3. The highest BCUT2D eigenvalue weighted by atomic mass is 32.2. The van der Waals surface area contributed by atoms with Crippen LogP contribution in [0.25, 0.3) is 0 Å². The molecule has 0 aromatic heterocycles. The van der Waals surface area contributed by atoms with E-state index in [1.807, 2.05) is 0 Å². The Balaban J connectivity index is 2.08. The van der Waals surface area contributed by atoms with E-state index in [0.717, 1.165) is 38.1 Å². The van der Waals surface area contributed by atoms with Crippen molar-refractivity contribution in [2.24, 2.45) is 0 Å². The molecule has 1 atom stereocenters. The lowest BCUT2D eigenvalue weighted by Crippen LogP contribution is -2.41. The number of rotatable bonds is 5. The van der Waals surface area contributed by atoms with E-state index in [1.165, 1.54) is 6.07 Å². The molecule has 0 amide bonds. The fourth-order valence-corrected chi connectivity index (χ4v) is 3.79. The Kier molecular flexibility index (Phi) is 4.62. The summed E-state index contributed by atoms with van der Waals surface area (Å²) in [5.41, 5.74) is 5.74. The minimum atomic E-state index is -3.89. The number of anilines is 1. The first-order valence-electron chi connectivity index (χ1n) is 6.68. The lowest BCUT2D eigenvalue weighted by Gasteiger charge is -2.21.